The fourth-order valence-electron chi connectivity index (χ4n) is 10.6. The van der Waals surface area contributed by atoms with Gasteiger partial charge in [0.05, 0.1) is 0 Å². The molecular weight excluding hydrogens is 360 g/mol. The fraction of sp³-hybridized carbons (Fsp3) is 1.00. The van der Waals surface area contributed by atoms with Gasteiger partial charge in [-0.05, 0) is 60.1 Å². The van der Waals surface area contributed by atoms with Crippen molar-refractivity contribution in [2.45, 2.75) is 132 Å². The predicted octanol–water partition coefficient (Wildman–Crippen LogP) is 9.87. The van der Waals surface area contributed by atoms with Gasteiger partial charge in [-0.1, -0.05) is 132 Å². The lowest BCUT2D eigenvalue weighted by molar-refractivity contribution is -0.378. The van der Waals surface area contributed by atoms with Gasteiger partial charge >= 0.3 is 0 Å². The highest BCUT2D eigenvalue weighted by molar-refractivity contribution is 5.29. The van der Waals surface area contributed by atoms with Crippen molar-refractivity contribution in [1.82, 2.24) is 0 Å². The molecule has 3 aliphatic carbocycles. The molecule has 0 aromatic carbocycles. The molecule has 30 heavy (non-hydrogen) atoms. The molecule has 0 aromatic rings. The summed E-state index contributed by atoms with van der Waals surface area (Å²) in [7, 11) is 0. The van der Waals surface area contributed by atoms with E-state index in [9.17, 15) is 0 Å². The second-order valence-electron chi connectivity index (χ2n) is 16.2. The molecule has 0 unspecified atom stereocenters. The fourth-order valence-corrected chi connectivity index (χ4v) is 10.6. The maximum atomic E-state index is 2.68. The monoisotopic (exact) mass is 418 g/mol. The van der Waals surface area contributed by atoms with Crippen LogP contribution in [0.4, 0.5) is 0 Å². The first-order valence-corrected chi connectivity index (χ1v) is 12.7. The summed E-state index contributed by atoms with van der Waals surface area (Å²) in [6.07, 6.45) is 0. The van der Waals surface area contributed by atoms with Gasteiger partial charge in [0.2, 0.25) is 0 Å². The van der Waals surface area contributed by atoms with E-state index in [2.05, 4.69) is 132 Å². The van der Waals surface area contributed by atoms with E-state index >= 15 is 0 Å². The molecule has 0 atom stereocenters. The van der Waals surface area contributed by atoms with Crippen molar-refractivity contribution in [3.63, 3.8) is 0 Å². The van der Waals surface area contributed by atoms with Gasteiger partial charge in [-0.3, -0.25) is 0 Å². The van der Waals surface area contributed by atoms with Crippen molar-refractivity contribution in [2.75, 3.05) is 0 Å². The van der Waals surface area contributed by atoms with Crippen LogP contribution in [0.3, 0.4) is 0 Å². The SMILES string of the molecule is CC1C(C)(C)C2(C)C(C)(C)C(C)(C)C(C)(C)C(C)(C1(C)C)C(C)(C)C(C)(C)C2(C)C. The first-order valence-electron chi connectivity index (χ1n) is 12.7. The molecule has 0 aromatic heterocycles. The summed E-state index contributed by atoms with van der Waals surface area (Å²) in [6.45, 7) is 49.8. The lowest BCUT2D eigenvalue weighted by Crippen LogP contribution is -2.80. The van der Waals surface area contributed by atoms with Gasteiger partial charge in [-0.25, -0.2) is 0 Å². The topological polar surface area (TPSA) is 0 Å². The Bertz CT molecular complexity index is 619. The van der Waals surface area contributed by atoms with E-state index in [1.54, 1.807) is 0 Å². The number of fused-ring (bicyclic) bond motifs is 6. The van der Waals surface area contributed by atoms with Gasteiger partial charge in [-0.2, -0.15) is 0 Å². The van der Waals surface area contributed by atoms with Crippen molar-refractivity contribution in [3.8, 4) is 0 Å². The molecule has 178 valence electrons. The maximum Gasteiger partial charge on any atom is -0.0159 e. The van der Waals surface area contributed by atoms with E-state index in [4.69, 9.17) is 0 Å². The van der Waals surface area contributed by atoms with Gasteiger partial charge < -0.3 is 0 Å². The first-order chi connectivity index (χ1) is 12.7. The van der Waals surface area contributed by atoms with E-state index in [1.807, 2.05) is 0 Å². The van der Waals surface area contributed by atoms with Crippen LogP contribution in [-0.2, 0) is 0 Å². The van der Waals surface area contributed by atoms with Crippen molar-refractivity contribution in [2.24, 2.45) is 60.1 Å². The molecule has 0 amide bonds. The van der Waals surface area contributed by atoms with Gasteiger partial charge in [-0.15, -0.1) is 0 Å². The van der Waals surface area contributed by atoms with Crippen LogP contribution in [0.15, 0.2) is 0 Å². The predicted molar refractivity (Wildman–Crippen MR) is 136 cm³/mol. The molecule has 3 fully saturated rings. The molecule has 0 heterocycles. The van der Waals surface area contributed by atoms with Gasteiger partial charge in [0.1, 0.15) is 0 Å². The average Bonchev–Trinajstić information content (AvgIpc) is 2.55. The van der Waals surface area contributed by atoms with E-state index < -0.39 is 0 Å². The Hall–Kier alpha value is 0. The third-order valence-electron chi connectivity index (χ3n) is 16.0. The molecule has 0 heteroatoms. The van der Waals surface area contributed by atoms with Crippen LogP contribution in [0.5, 0.6) is 0 Å². The minimum Gasteiger partial charge on any atom is -0.0614 e. The zero-order valence-corrected chi connectivity index (χ0v) is 24.6. The highest BCUT2D eigenvalue weighted by atomic mass is 14.9. The quantitative estimate of drug-likeness (QED) is 0.367. The summed E-state index contributed by atoms with van der Waals surface area (Å²) in [4.78, 5) is 0. The molecule has 0 radical (unpaired) electrons. The summed E-state index contributed by atoms with van der Waals surface area (Å²) in [5, 5.41) is 0. The molecule has 0 aliphatic heterocycles. The molecule has 0 saturated heterocycles. The van der Waals surface area contributed by atoms with Gasteiger partial charge in [0, 0.05) is 0 Å². The third-order valence-corrected chi connectivity index (χ3v) is 16.0. The summed E-state index contributed by atoms with van der Waals surface area (Å²) in [5.41, 5.74) is 1.41. The number of rotatable bonds is 0. The van der Waals surface area contributed by atoms with Crippen molar-refractivity contribution >= 4 is 0 Å². The zero-order chi connectivity index (χ0) is 24.6. The standard InChI is InChI=1S/C30H58/c1-20-21(2,3)29(18)25(10,11)23(6,7)27(14,15)30(19,22(20,4)5)28(16,17)24(8,9)26(29,12)13/h20H,1-19H3. The van der Waals surface area contributed by atoms with E-state index in [-0.39, 0.29) is 54.1 Å². The smallest absolute Gasteiger partial charge is 0.0159 e. The van der Waals surface area contributed by atoms with Crippen LogP contribution in [0.25, 0.3) is 0 Å². The van der Waals surface area contributed by atoms with Crippen LogP contribution in [0.2, 0.25) is 0 Å². The lowest BCUT2D eigenvalue weighted by atomic mass is 9.19. The van der Waals surface area contributed by atoms with Crippen LogP contribution >= 0.6 is 0 Å². The molecule has 0 nitrogen and oxygen atoms in total. The second-order valence-corrected chi connectivity index (χ2v) is 16.2. The minimum atomic E-state index is 0.118. The molecule has 2 bridgehead atoms. The molecular formula is C30H58. The Kier molecular flexibility index (Phi) is 5.01. The number of hydrogen-bond acceptors (Lipinski definition) is 0. The second kappa shape index (κ2) is 5.73. The van der Waals surface area contributed by atoms with Crippen molar-refractivity contribution in [1.29, 1.82) is 0 Å². The highest BCUT2D eigenvalue weighted by Gasteiger charge is 2.82. The van der Waals surface area contributed by atoms with Crippen LogP contribution < -0.4 is 0 Å². The molecule has 3 rings (SSSR count). The Labute approximate surface area is 191 Å². The van der Waals surface area contributed by atoms with E-state index in [1.165, 1.54) is 0 Å². The molecule has 3 aliphatic rings. The Morgan fingerprint density at radius 1 is 0.300 bits per heavy atom. The Morgan fingerprint density at radius 2 is 0.467 bits per heavy atom. The van der Waals surface area contributed by atoms with Crippen molar-refractivity contribution < 1.29 is 0 Å². The summed E-state index contributed by atoms with van der Waals surface area (Å²) >= 11 is 0. The largest absolute Gasteiger partial charge is 0.0614 e. The normalized spacial score (nSPS) is 43.9. The highest BCUT2D eigenvalue weighted by Crippen LogP contribution is 2.87. The van der Waals surface area contributed by atoms with Crippen LogP contribution in [0, 0.1) is 60.1 Å². The maximum absolute atomic E-state index is 2.68. The summed E-state index contributed by atoms with van der Waals surface area (Å²) in [5.74, 6) is 0.587. The lowest BCUT2D eigenvalue weighted by Gasteiger charge is -2.85. The first kappa shape index (κ1) is 26.3. The summed E-state index contributed by atoms with van der Waals surface area (Å²) < 4.78 is 0. The van der Waals surface area contributed by atoms with Gasteiger partial charge in [0.15, 0.2) is 0 Å². The molecule has 0 spiro atoms. The Balaban J connectivity index is 3.40. The minimum absolute atomic E-state index is 0.118. The summed E-state index contributed by atoms with van der Waals surface area (Å²) in [6, 6.07) is 0. The molecule has 3 saturated carbocycles. The van der Waals surface area contributed by atoms with E-state index in [0.717, 1.165) is 0 Å². The van der Waals surface area contributed by atoms with E-state index in [0.29, 0.717) is 5.92 Å². The zero-order valence-electron chi connectivity index (χ0n) is 24.6. The van der Waals surface area contributed by atoms with Crippen LogP contribution in [0.1, 0.15) is 132 Å². The third kappa shape index (κ3) is 1.96. The number of hydrogen-bond donors (Lipinski definition) is 0. The van der Waals surface area contributed by atoms with Crippen LogP contribution in [-0.4, -0.2) is 0 Å². The van der Waals surface area contributed by atoms with Gasteiger partial charge in [0.25, 0.3) is 0 Å². The Morgan fingerprint density at radius 3 is 0.633 bits per heavy atom. The van der Waals surface area contributed by atoms with Crippen molar-refractivity contribution in [3.05, 3.63) is 0 Å². The average molecular weight is 419 g/mol. The molecule has 0 N–H and O–H groups in total.